The number of nitrogens with one attached hydrogen (secondary N) is 2. The Bertz CT molecular complexity index is 2100. The number of piperidine rings is 1. The van der Waals surface area contributed by atoms with Gasteiger partial charge in [0.15, 0.2) is 0 Å². The zero-order valence-corrected chi connectivity index (χ0v) is 25.2. The quantitative estimate of drug-likeness (QED) is 0.219. The Balaban J connectivity index is 1.23. The number of rotatable bonds is 8. The van der Waals surface area contributed by atoms with E-state index in [-0.39, 0.29) is 12.2 Å². The highest BCUT2D eigenvalue weighted by atomic mass is 32.2. The molecule has 0 saturated carbocycles. The predicted molar refractivity (Wildman–Crippen MR) is 170 cm³/mol. The molecule has 6 aromatic rings. The Kier molecular flexibility index (Phi) is 7.43. The van der Waals surface area contributed by atoms with Crippen LogP contribution >= 0.6 is 0 Å². The molecule has 0 unspecified atom stereocenters. The van der Waals surface area contributed by atoms with Gasteiger partial charge < -0.3 is 4.98 Å². The number of nitrogens with zero attached hydrogens (tertiary/aromatic N) is 5. The molecule has 11 heteroatoms. The van der Waals surface area contributed by atoms with Crippen LogP contribution in [0.1, 0.15) is 30.4 Å². The first-order valence-electron chi connectivity index (χ1n) is 14.7. The largest absolute Gasteiger partial charge is 0.352 e. The van der Waals surface area contributed by atoms with Crippen LogP contribution in [0.5, 0.6) is 0 Å². The van der Waals surface area contributed by atoms with E-state index in [0.29, 0.717) is 11.1 Å². The van der Waals surface area contributed by atoms with Gasteiger partial charge in [-0.3, -0.25) is 25.0 Å². The smallest absolute Gasteiger partial charge is 0.147 e. The molecule has 7 rings (SSSR count). The van der Waals surface area contributed by atoms with Crippen LogP contribution in [0.15, 0.2) is 67.4 Å². The van der Waals surface area contributed by atoms with Crippen LogP contribution in [-0.4, -0.2) is 68.5 Å². The summed E-state index contributed by atoms with van der Waals surface area (Å²) < 4.78 is 38.0. The van der Waals surface area contributed by atoms with Crippen LogP contribution in [0.3, 0.4) is 0 Å². The third-order valence-electron chi connectivity index (χ3n) is 8.22. The molecule has 0 atom stereocenters. The van der Waals surface area contributed by atoms with E-state index in [9.17, 15) is 12.8 Å². The summed E-state index contributed by atoms with van der Waals surface area (Å²) in [5, 5.41) is 9.47. The summed E-state index contributed by atoms with van der Waals surface area (Å²) >= 11 is 0. The Morgan fingerprint density at radius 2 is 1.66 bits per heavy atom. The van der Waals surface area contributed by atoms with E-state index in [1.54, 1.807) is 18.6 Å². The molecule has 0 radical (unpaired) electrons. The zero-order valence-electron chi connectivity index (χ0n) is 24.3. The number of H-pyrrole nitrogens is 2. The summed E-state index contributed by atoms with van der Waals surface area (Å²) in [6, 6.07) is 10.8. The van der Waals surface area contributed by atoms with Crippen LogP contribution < -0.4 is 0 Å². The number of fused-ring (bicyclic) bond motifs is 2. The normalized spacial score (nSPS) is 14.5. The summed E-state index contributed by atoms with van der Waals surface area (Å²) in [4.78, 5) is 19.5. The van der Waals surface area contributed by atoms with Gasteiger partial charge in [0.2, 0.25) is 0 Å². The predicted octanol–water partition coefficient (Wildman–Crippen LogP) is 5.94. The molecule has 0 aliphatic carbocycles. The number of likely N-dealkylation sites (tertiary alicyclic amines) is 1. The van der Waals surface area contributed by atoms with Gasteiger partial charge in [-0.15, -0.1) is 0 Å². The fourth-order valence-corrected chi connectivity index (χ4v) is 6.64. The molecule has 1 aliphatic rings. The zero-order chi connectivity index (χ0) is 30.3. The first-order chi connectivity index (χ1) is 21.3. The van der Waals surface area contributed by atoms with E-state index >= 15 is 0 Å². The Morgan fingerprint density at radius 3 is 2.50 bits per heavy atom. The van der Waals surface area contributed by atoms with Crippen molar-refractivity contribution >= 4 is 31.6 Å². The second-order valence-electron chi connectivity index (χ2n) is 11.7. The van der Waals surface area contributed by atoms with Crippen molar-refractivity contribution in [3.63, 3.8) is 0 Å². The van der Waals surface area contributed by atoms with Gasteiger partial charge in [-0.1, -0.05) is 12.5 Å². The second kappa shape index (κ2) is 11.5. The topological polar surface area (TPSA) is 121 Å². The maximum absolute atomic E-state index is 14.7. The van der Waals surface area contributed by atoms with Gasteiger partial charge in [-0.25, -0.2) is 12.8 Å². The van der Waals surface area contributed by atoms with Crippen molar-refractivity contribution in [2.24, 2.45) is 0 Å². The highest BCUT2D eigenvalue weighted by Gasteiger charge is 2.17. The van der Waals surface area contributed by atoms with Gasteiger partial charge in [0.05, 0.1) is 40.6 Å². The number of pyridine rings is 3. The molecule has 1 aromatic carbocycles. The Labute approximate surface area is 254 Å². The van der Waals surface area contributed by atoms with E-state index in [4.69, 9.17) is 4.98 Å². The summed E-state index contributed by atoms with van der Waals surface area (Å²) in [7, 11) is -3.18. The van der Waals surface area contributed by atoms with Gasteiger partial charge in [0.1, 0.15) is 21.3 Å². The molecule has 9 nitrogen and oxygen atoms in total. The monoisotopic (exact) mass is 609 g/mol. The summed E-state index contributed by atoms with van der Waals surface area (Å²) in [5.74, 6) is -0.472. The second-order valence-corrected chi connectivity index (χ2v) is 13.9. The Hall–Kier alpha value is -4.48. The molecular formula is C33H32FN7O2S. The van der Waals surface area contributed by atoms with Crippen molar-refractivity contribution in [2.75, 3.05) is 25.1 Å². The number of halogens is 1. The minimum atomic E-state index is -3.18. The average molecular weight is 610 g/mol. The summed E-state index contributed by atoms with van der Waals surface area (Å²) in [6.07, 6.45) is 14.2. The maximum atomic E-state index is 14.7. The average Bonchev–Trinajstić information content (AvgIpc) is 3.64. The molecule has 0 amide bonds. The van der Waals surface area contributed by atoms with Crippen molar-refractivity contribution in [3.8, 4) is 33.8 Å². The number of sulfone groups is 1. The number of benzene rings is 1. The van der Waals surface area contributed by atoms with Gasteiger partial charge in [0.25, 0.3) is 0 Å². The highest BCUT2D eigenvalue weighted by Crippen LogP contribution is 2.35. The number of hydrogen-bond donors (Lipinski definition) is 2. The van der Waals surface area contributed by atoms with E-state index < -0.39 is 15.7 Å². The lowest BCUT2D eigenvalue weighted by atomic mass is 10.0. The molecule has 44 heavy (non-hydrogen) atoms. The Morgan fingerprint density at radius 1 is 0.841 bits per heavy atom. The fourth-order valence-electron chi connectivity index (χ4n) is 6.03. The van der Waals surface area contributed by atoms with Crippen LogP contribution in [0.2, 0.25) is 0 Å². The molecule has 1 fully saturated rings. The third-order valence-corrected chi connectivity index (χ3v) is 9.17. The van der Waals surface area contributed by atoms with E-state index in [1.807, 2.05) is 30.6 Å². The maximum Gasteiger partial charge on any atom is 0.147 e. The van der Waals surface area contributed by atoms with Crippen LogP contribution in [0, 0.1) is 5.82 Å². The highest BCUT2D eigenvalue weighted by molar-refractivity contribution is 7.90. The fraction of sp³-hybridized carbons (Fsp3) is 0.273. The standard InChI is InChI=1S/C33H32FN7O2S/c1-44(42,43)8-5-21-9-23(12-25(34)11-21)28-17-36-18-31-26(28)13-30(38-31)33-27-14-29(37-19-32(27)39-40-33)24-10-22(15-35-16-24)20-41-6-3-2-4-7-41/h9-19,38H,2-8,20H2,1H3,(H,39,40). The molecule has 6 heterocycles. The van der Waals surface area contributed by atoms with Gasteiger partial charge >= 0.3 is 0 Å². The first kappa shape index (κ1) is 28.3. The molecule has 224 valence electrons. The number of aromatic nitrogens is 6. The van der Waals surface area contributed by atoms with Crippen molar-refractivity contribution < 1.29 is 12.8 Å². The lowest BCUT2D eigenvalue weighted by Gasteiger charge is -2.26. The van der Waals surface area contributed by atoms with Crippen molar-refractivity contribution in [1.29, 1.82) is 0 Å². The SMILES string of the molecule is CS(=O)(=O)CCc1cc(F)cc(-c2cncc3[nH]c(-c4n[nH]c5cnc(-c6cncc(CN7CCCCC7)c6)cc45)cc23)c1. The molecule has 0 spiro atoms. The third kappa shape index (κ3) is 5.97. The van der Waals surface area contributed by atoms with Crippen molar-refractivity contribution in [2.45, 2.75) is 32.2 Å². The van der Waals surface area contributed by atoms with E-state index in [1.165, 1.54) is 43.2 Å². The first-order valence-corrected chi connectivity index (χ1v) is 16.8. The number of aromatic amines is 2. The molecular weight excluding hydrogens is 577 g/mol. The van der Waals surface area contributed by atoms with Crippen LogP contribution in [0.4, 0.5) is 4.39 Å². The molecule has 1 aliphatic heterocycles. The van der Waals surface area contributed by atoms with Gasteiger partial charge in [-0.2, -0.15) is 5.10 Å². The molecule has 5 aromatic heterocycles. The molecule has 1 saturated heterocycles. The lowest BCUT2D eigenvalue weighted by Crippen LogP contribution is -2.29. The van der Waals surface area contributed by atoms with Crippen molar-refractivity contribution in [1.82, 2.24) is 35.0 Å². The van der Waals surface area contributed by atoms with Crippen LogP contribution in [0.25, 0.3) is 55.6 Å². The van der Waals surface area contributed by atoms with Crippen molar-refractivity contribution in [3.05, 3.63) is 84.3 Å². The van der Waals surface area contributed by atoms with Gasteiger partial charge in [0, 0.05) is 53.3 Å². The van der Waals surface area contributed by atoms with E-state index in [2.05, 4.69) is 36.1 Å². The van der Waals surface area contributed by atoms with Gasteiger partial charge in [-0.05, 0) is 79.4 Å². The minimum Gasteiger partial charge on any atom is -0.352 e. The minimum absolute atomic E-state index is 0.0471. The summed E-state index contributed by atoms with van der Waals surface area (Å²) in [6.45, 7) is 3.13. The molecule has 2 N–H and O–H groups in total. The van der Waals surface area contributed by atoms with E-state index in [0.717, 1.165) is 69.6 Å². The molecule has 0 bridgehead atoms. The lowest BCUT2D eigenvalue weighted by molar-refractivity contribution is 0.220. The van der Waals surface area contributed by atoms with Crippen LogP contribution in [-0.2, 0) is 22.8 Å². The number of hydrogen-bond acceptors (Lipinski definition) is 7. The summed E-state index contributed by atoms with van der Waals surface area (Å²) in [5.41, 5.74) is 8.02. The number of aryl methyl sites for hydroxylation is 1.